The summed E-state index contributed by atoms with van der Waals surface area (Å²) in [7, 11) is 0. The van der Waals surface area contributed by atoms with E-state index < -0.39 is 0 Å². The van der Waals surface area contributed by atoms with Crippen molar-refractivity contribution >= 4 is 11.2 Å². The van der Waals surface area contributed by atoms with Crippen LogP contribution in [0.2, 0.25) is 0 Å². The maximum absolute atomic E-state index is 5.63. The molecule has 0 spiro atoms. The van der Waals surface area contributed by atoms with Gasteiger partial charge in [0.2, 0.25) is 0 Å². The van der Waals surface area contributed by atoms with Gasteiger partial charge < -0.3 is 9.30 Å². The Morgan fingerprint density at radius 3 is 2.96 bits per heavy atom. The predicted octanol–water partition coefficient (Wildman–Crippen LogP) is 3.84. The van der Waals surface area contributed by atoms with E-state index in [2.05, 4.69) is 45.6 Å². The molecule has 0 aliphatic carbocycles. The number of ether oxygens (including phenoxy) is 1. The van der Waals surface area contributed by atoms with Crippen molar-refractivity contribution in [2.24, 2.45) is 0 Å². The molecular weight excluding hydrogens is 324 g/mol. The van der Waals surface area contributed by atoms with Crippen molar-refractivity contribution in [3.63, 3.8) is 0 Å². The molecule has 1 unspecified atom stereocenters. The third-order valence-corrected chi connectivity index (χ3v) is 5.10. The molecular formula is C21H26N4O. The Bertz CT molecular complexity index is 889. The molecule has 5 heteroatoms. The molecule has 3 aromatic rings. The topological polar surface area (TPSA) is 43.2 Å². The maximum Gasteiger partial charge on any atom is 0.159 e. The lowest BCUT2D eigenvalue weighted by molar-refractivity contribution is 0.320. The van der Waals surface area contributed by atoms with Crippen LogP contribution in [-0.2, 0) is 13.1 Å². The minimum atomic E-state index is 0.472. The van der Waals surface area contributed by atoms with Crippen LogP contribution in [0.5, 0.6) is 5.75 Å². The molecule has 0 amide bonds. The summed E-state index contributed by atoms with van der Waals surface area (Å²) < 4.78 is 7.90. The monoisotopic (exact) mass is 350 g/mol. The number of nitrogens with zero attached hydrogens (tertiary/aromatic N) is 4. The van der Waals surface area contributed by atoms with Gasteiger partial charge >= 0.3 is 0 Å². The number of hydrogen-bond donors (Lipinski definition) is 0. The van der Waals surface area contributed by atoms with Gasteiger partial charge in [0.05, 0.1) is 6.61 Å². The molecule has 0 saturated carbocycles. The smallest absolute Gasteiger partial charge is 0.159 e. The number of hydrogen-bond acceptors (Lipinski definition) is 4. The Kier molecular flexibility index (Phi) is 4.89. The standard InChI is InChI=1S/C21H26N4O/c1-3-25-20(23-19-9-6-11-22-21(19)25)17-10-12-24(15-17)14-16-7-5-8-18(13-16)26-4-2/h5-9,11,13,17H,3-4,10,12,14-15H2,1-2H3. The fourth-order valence-electron chi connectivity index (χ4n) is 3.94. The highest BCUT2D eigenvalue weighted by molar-refractivity contribution is 5.71. The quantitative estimate of drug-likeness (QED) is 0.677. The molecule has 5 nitrogen and oxygen atoms in total. The molecule has 136 valence electrons. The largest absolute Gasteiger partial charge is 0.494 e. The van der Waals surface area contributed by atoms with Crippen molar-refractivity contribution in [3.8, 4) is 5.75 Å². The number of imidazole rings is 1. The van der Waals surface area contributed by atoms with Gasteiger partial charge in [0.1, 0.15) is 17.1 Å². The number of aryl methyl sites for hydroxylation is 1. The van der Waals surface area contributed by atoms with Crippen LogP contribution in [0.1, 0.15) is 37.6 Å². The van der Waals surface area contributed by atoms with Crippen LogP contribution in [0.15, 0.2) is 42.6 Å². The summed E-state index contributed by atoms with van der Waals surface area (Å²) in [4.78, 5) is 11.9. The third kappa shape index (κ3) is 3.31. The number of likely N-dealkylation sites (tertiary alicyclic amines) is 1. The van der Waals surface area contributed by atoms with E-state index in [0.29, 0.717) is 12.5 Å². The van der Waals surface area contributed by atoms with Gasteiger partial charge in [-0.25, -0.2) is 9.97 Å². The van der Waals surface area contributed by atoms with Gasteiger partial charge in [-0.15, -0.1) is 0 Å². The highest BCUT2D eigenvalue weighted by Gasteiger charge is 2.28. The maximum atomic E-state index is 5.63. The molecule has 3 heterocycles. The third-order valence-electron chi connectivity index (χ3n) is 5.10. The van der Waals surface area contributed by atoms with E-state index in [4.69, 9.17) is 9.72 Å². The molecule has 4 rings (SSSR count). The second kappa shape index (κ2) is 7.46. The van der Waals surface area contributed by atoms with Gasteiger partial charge in [-0.1, -0.05) is 12.1 Å². The van der Waals surface area contributed by atoms with Crippen LogP contribution >= 0.6 is 0 Å². The number of rotatable bonds is 6. The average molecular weight is 350 g/mol. The zero-order valence-corrected chi connectivity index (χ0v) is 15.6. The lowest BCUT2D eigenvalue weighted by atomic mass is 10.1. The molecule has 0 bridgehead atoms. The summed E-state index contributed by atoms with van der Waals surface area (Å²) in [6.07, 6.45) is 3.00. The van der Waals surface area contributed by atoms with Gasteiger partial charge in [-0.3, -0.25) is 4.90 Å². The molecule has 1 aliphatic rings. The molecule has 1 atom stereocenters. The van der Waals surface area contributed by atoms with Crippen molar-refractivity contribution < 1.29 is 4.74 Å². The number of fused-ring (bicyclic) bond motifs is 1. The summed E-state index contributed by atoms with van der Waals surface area (Å²) >= 11 is 0. The highest BCUT2D eigenvalue weighted by atomic mass is 16.5. The molecule has 26 heavy (non-hydrogen) atoms. The second-order valence-corrected chi connectivity index (χ2v) is 6.86. The molecule has 1 fully saturated rings. The van der Waals surface area contributed by atoms with Crippen molar-refractivity contribution in [2.75, 3.05) is 19.7 Å². The van der Waals surface area contributed by atoms with Gasteiger partial charge in [0.25, 0.3) is 0 Å². The summed E-state index contributed by atoms with van der Waals surface area (Å²) in [6, 6.07) is 12.5. The summed E-state index contributed by atoms with van der Waals surface area (Å²) in [5.41, 5.74) is 3.32. The van der Waals surface area contributed by atoms with Crippen molar-refractivity contribution in [2.45, 2.75) is 39.3 Å². The van der Waals surface area contributed by atoms with Gasteiger partial charge in [-0.2, -0.15) is 0 Å². The van der Waals surface area contributed by atoms with Crippen LogP contribution in [-0.4, -0.2) is 39.1 Å². The minimum absolute atomic E-state index is 0.472. The first-order chi connectivity index (χ1) is 12.8. The Morgan fingerprint density at radius 1 is 1.19 bits per heavy atom. The zero-order chi connectivity index (χ0) is 17.9. The first-order valence-corrected chi connectivity index (χ1v) is 9.53. The van der Waals surface area contributed by atoms with Gasteiger partial charge in [0, 0.05) is 31.7 Å². The van der Waals surface area contributed by atoms with E-state index in [0.717, 1.165) is 49.5 Å². The fourth-order valence-corrected chi connectivity index (χ4v) is 3.94. The average Bonchev–Trinajstić information content (AvgIpc) is 3.26. The van der Waals surface area contributed by atoms with Crippen molar-refractivity contribution in [1.29, 1.82) is 0 Å². The zero-order valence-electron chi connectivity index (χ0n) is 15.6. The van der Waals surface area contributed by atoms with E-state index in [1.165, 1.54) is 11.4 Å². The molecule has 0 radical (unpaired) electrons. The van der Waals surface area contributed by atoms with Gasteiger partial charge in [-0.05, 0) is 56.6 Å². The lowest BCUT2D eigenvalue weighted by Crippen LogP contribution is -2.20. The van der Waals surface area contributed by atoms with Crippen LogP contribution in [0, 0.1) is 0 Å². The van der Waals surface area contributed by atoms with Crippen LogP contribution in [0.4, 0.5) is 0 Å². The Balaban J connectivity index is 1.50. The predicted molar refractivity (Wildman–Crippen MR) is 103 cm³/mol. The van der Waals surface area contributed by atoms with E-state index in [-0.39, 0.29) is 0 Å². The van der Waals surface area contributed by atoms with E-state index in [9.17, 15) is 0 Å². The fraction of sp³-hybridized carbons (Fsp3) is 0.429. The number of benzene rings is 1. The molecule has 2 aromatic heterocycles. The number of pyridine rings is 1. The normalized spacial score (nSPS) is 17.8. The Morgan fingerprint density at radius 2 is 2.12 bits per heavy atom. The Labute approximate surface area is 154 Å². The SMILES string of the molecule is CCOc1cccc(CN2CCC(c3nc4cccnc4n3CC)C2)c1. The first kappa shape index (κ1) is 17.0. The molecule has 0 N–H and O–H groups in total. The van der Waals surface area contributed by atoms with Crippen LogP contribution in [0.3, 0.4) is 0 Å². The van der Waals surface area contributed by atoms with Crippen LogP contribution < -0.4 is 4.74 Å². The molecule has 1 aliphatic heterocycles. The lowest BCUT2D eigenvalue weighted by Gasteiger charge is -2.17. The van der Waals surface area contributed by atoms with Crippen molar-refractivity contribution in [1.82, 2.24) is 19.4 Å². The summed E-state index contributed by atoms with van der Waals surface area (Å²) in [6.45, 7) is 8.91. The molecule has 1 saturated heterocycles. The van der Waals surface area contributed by atoms with Gasteiger partial charge in [0.15, 0.2) is 5.65 Å². The second-order valence-electron chi connectivity index (χ2n) is 6.86. The summed E-state index contributed by atoms with van der Waals surface area (Å²) in [5.74, 6) is 2.62. The van der Waals surface area contributed by atoms with E-state index in [1.807, 2.05) is 25.3 Å². The molecule has 1 aromatic carbocycles. The summed E-state index contributed by atoms with van der Waals surface area (Å²) in [5, 5.41) is 0. The van der Waals surface area contributed by atoms with E-state index in [1.54, 1.807) is 0 Å². The highest BCUT2D eigenvalue weighted by Crippen LogP contribution is 2.30. The van der Waals surface area contributed by atoms with E-state index >= 15 is 0 Å². The van der Waals surface area contributed by atoms with Crippen molar-refractivity contribution in [3.05, 3.63) is 54.0 Å². The minimum Gasteiger partial charge on any atom is -0.494 e. The number of aromatic nitrogens is 3. The first-order valence-electron chi connectivity index (χ1n) is 9.53. The Hall–Kier alpha value is -2.40. The van der Waals surface area contributed by atoms with Crippen LogP contribution in [0.25, 0.3) is 11.2 Å².